The van der Waals surface area contributed by atoms with E-state index in [1.807, 2.05) is 0 Å². The third kappa shape index (κ3) is 5.41. The van der Waals surface area contributed by atoms with Gasteiger partial charge in [-0.2, -0.15) is 18.3 Å². The second-order valence-corrected chi connectivity index (χ2v) is 4.97. The van der Waals surface area contributed by atoms with Crippen LogP contribution in [-0.2, 0) is 11.0 Å². The monoisotopic (exact) mass is 353 g/mol. The molecule has 2 aromatic rings. The third-order valence-electron chi connectivity index (χ3n) is 3.05. The summed E-state index contributed by atoms with van der Waals surface area (Å²) in [5.41, 5.74) is 1.75. The molecule has 0 atom stereocenters. The van der Waals surface area contributed by atoms with Gasteiger partial charge in [-0.15, -0.1) is 0 Å². The van der Waals surface area contributed by atoms with Gasteiger partial charge >= 0.3 is 6.18 Å². The van der Waals surface area contributed by atoms with Gasteiger partial charge in [-0.3, -0.25) is 4.79 Å². The van der Waals surface area contributed by atoms with Crippen LogP contribution in [0.5, 0.6) is 11.5 Å². The van der Waals surface area contributed by atoms with Crippen LogP contribution in [0.2, 0.25) is 0 Å². The van der Waals surface area contributed by atoms with Gasteiger partial charge in [-0.1, -0.05) is 6.07 Å². The number of phenolic OH excluding ortho intramolecular Hbond substituents is 2. The lowest BCUT2D eigenvalue weighted by Gasteiger charge is -2.10. The number of halogens is 3. The van der Waals surface area contributed by atoms with Gasteiger partial charge in [0.25, 0.3) is 5.91 Å². The molecular formula is C16H14F3N3O3. The summed E-state index contributed by atoms with van der Waals surface area (Å²) in [5.74, 6) is -0.934. The zero-order chi connectivity index (χ0) is 18.4. The van der Waals surface area contributed by atoms with Crippen LogP contribution in [0.4, 0.5) is 18.9 Å². The van der Waals surface area contributed by atoms with E-state index in [1.54, 1.807) is 0 Å². The molecule has 25 heavy (non-hydrogen) atoms. The molecule has 1 amide bonds. The Hall–Kier alpha value is -3.23. The Morgan fingerprint density at radius 3 is 2.60 bits per heavy atom. The lowest BCUT2D eigenvalue weighted by molar-refractivity contribution is -0.137. The first-order valence-electron chi connectivity index (χ1n) is 7.01. The van der Waals surface area contributed by atoms with Crippen LogP contribution in [-0.4, -0.2) is 28.9 Å². The summed E-state index contributed by atoms with van der Waals surface area (Å²) in [6, 6.07) is 8.29. The van der Waals surface area contributed by atoms with Crippen molar-refractivity contribution in [2.75, 3.05) is 11.9 Å². The number of hydrazone groups is 1. The van der Waals surface area contributed by atoms with Gasteiger partial charge in [-0.05, 0) is 30.3 Å². The fourth-order valence-corrected chi connectivity index (χ4v) is 1.84. The third-order valence-corrected chi connectivity index (χ3v) is 3.05. The van der Waals surface area contributed by atoms with Crippen LogP contribution in [0, 0.1) is 0 Å². The standard InChI is InChI=1S/C16H14F3N3O3/c17-16(18,19)11-2-1-3-12(6-11)20-9-15(25)22-21-8-10-4-5-13(23)7-14(10)24/h1-8,20,23-24H,9H2,(H,22,25)/b21-8-. The number of benzene rings is 2. The lowest BCUT2D eigenvalue weighted by atomic mass is 10.2. The molecular weight excluding hydrogens is 339 g/mol. The van der Waals surface area contributed by atoms with Crippen LogP contribution < -0.4 is 10.7 Å². The number of phenols is 2. The largest absolute Gasteiger partial charge is 0.508 e. The Balaban J connectivity index is 1.88. The van der Waals surface area contributed by atoms with E-state index in [4.69, 9.17) is 5.11 Å². The fraction of sp³-hybridized carbons (Fsp3) is 0.125. The van der Waals surface area contributed by atoms with Gasteiger partial charge < -0.3 is 15.5 Å². The number of hydrogen-bond acceptors (Lipinski definition) is 5. The number of aromatic hydroxyl groups is 2. The highest BCUT2D eigenvalue weighted by atomic mass is 19.4. The van der Waals surface area contributed by atoms with Crippen molar-refractivity contribution in [1.82, 2.24) is 5.43 Å². The molecule has 2 aromatic carbocycles. The number of nitrogens with zero attached hydrogens (tertiary/aromatic N) is 1. The minimum absolute atomic E-state index is 0.121. The Kier molecular flexibility index (Phi) is 5.48. The van der Waals surface area contributed by atoms with E-state index in [9.17, 15) is 23.1 Å². The number of amides is 1. The van der Waals surface area contributed by atoms with Crippen molar-refractivity contribution in [3.63, 3.8) is 0 Å². The number of carbonyl (C=O) groups is 1. The number of nitrogens with one attached hydrogen (secondary N) is 2. The zero-order valence-corrected chi connectivity index (χ0v) is 12.7. The minimum atomic E-state index is -4.46. The first kappa shape index (κ1) is 18.1. The molecule has 4 N–H and O–H groups in total. The van der Waals surface area contributed by atoms with E-state index in [0.29, 0.717) is 0 Å². The summed E-state index contributed by atoms with van der Waals surface area (Å²) >= 11 is 0. The van der Waals surface area contributed by atoms with Crippen molar-refractivity contribution in [2.24, 2.45) is 5.10 Å². The van der Waals surface area contributed by atoms with E-state index in [0.717, 1.165) is 24.4 Å². The maximum atomic E-state index is 12.6. The number of carbonyl (C=O) groups excluding carboxylic acids is 1. The van der Waals surface area contributed by atoms with Gasteiger partial charge in [-0.25, -0.2) is 5.43 Å². The van der Waals surface area contributed by atoms with Gasteiger partial charge in [0, 0.05) is 17.3 Å². The minimum Gasteiger partial charge on any atom is -0.508 e. The van der Waals surface area contributed by atoms with Crippen molar-refractivity contribution in [3.8, 4) is 11.5 Å². The summed E-state index contributed by atoms with van der Waals surface area (Å²) in [7, 11) is 0. The number of rotatable bonds is 5. The molecule has 0 bridgehead atoms. The highest BCUT2D eigenvalue weighted by Crippen LogP contribution is 2.30. The normalized spacial score (nSPS) is 11.5. The molecule has 2 rings (SSSR count). The van der Waals surface area contributed by atoms with Gasteiger partial charge in [0.15, 0.2) is 0 Å². The van der Waals surface area contributed by atoms with Crippen LogP contribution in [0.25, 0.3) is 0 Å². The van der Waals surface area contributed by atoms with E-state index in [1.165, 1.54) is 24.3 Å². The summed E-state index contributed by atoms with van der Waals surface area (Å²) in [6.45, 7) is -0.291. The van der Waals surface area contributed by atoms with Crippen molar-refractivity contribution >= 4 is 17.8 Å². The molecule has 0 saturated heterocycles. The molecule has 0 saturated carbocycles. The second kappa shape index (κ2) is 7.56. The molecule has 0 unspecified atom stereocenters. The Morgan fingerprint density at radius 2 is 1.92 bits per heavy atom. The molecule has 0 aromatic heterocycles. The number of anilines is 1. The van der Waals surface area contributed by atoms with Crippen LogP contribution in [0.3, 0.4) is 0 Å². The van der Waals surface area contributed by atoms with Crippen molar-refractivity contribution in [3.05, 3.63) is 53.6 Å². The molecule has 0 spiro atoms. The highest BCUT2D eigenvalue weighted by Gasteiger charge is 2.30. The number of hydrogen-bond donors (Lipinski definition) is 4. The molecule has 6 nitrogen and oxygen atoms in total. The molecule has 132 valence electrons. The predicted molar refractivity (Wildman–Crippen MR) is 85.4 cm³/mol. The van der Waals surface area contributed by atoms with Crippen molar-refractivity contribution < 1.29 is 28.2 Å². The van der Waals surface area contributed by atoms with E-state index >= 15 is 0 Å². The SMILES string of the molecule is O=C(CNc1cccc(C(F)(F)F)c1)N/N=C\c1ccc(O)cc1O. The van der Waals surface area contributed by atoms with Crippen LogP contribution in [0.15, 0.2) is 47.6 Å². The topological polar surface area (TPSA) is 94.0 Å². The van der Waals surface area contributed by atoms with E-state index < -0.39 is 17.6 Å². The molecule has 0 fully saturated rings. The van der Waals surface area contributed by atoms with E-state index in [2.05, 4.69) is 15.8 Å². The van der Waals surface area contributed by atoms with Gasteiger partial charge in [0.05, 0.1) is 18.3 Å². The molecule has 0 heterocycles. The van der Waals surface area contributed by atoms with Crippen molar-refractivity contribution in [2.45, 2.75) is 6.18 Å². The number of alkyl halides is 3. The van der Waals surface area contributed by atoms with Crippen LogP contribution >= 0.6 is 0 Å². The quantitative estimate of drug-likeness (QED) is 0.491. The fourth-order valence-electron chi connectivity index (χ4n) is 1.84. The Bertz CT molecular complexity index is 792. The summed E-state index contributed by atoms with van der Waals surface area (Å²) in [4.78, 5) is 11.6. The first-order valence-corrected chi connectivity index (χ1v) is 7.01. The van der Waals surface area contributed by atoms with Crippen molar-refractivity contribution in [1.29, 1.82) is 0 Å². The van der Waals surface area contributed by atoms with Crippen LogP contribution in [0.1, 0.15) is 11.1 Å². The zero-order valence-electron chi connectivity index (χ0n) is 12.7. The molecule has 9 heteroatoms. The Morgan fingerprint density at radius 1 is 1.16 bits per heavy atom. The molecule has 0 radical (unpaired) electrons. The Labute approximate surface area is 140 Å². The smallest absolute Gasteiger partial charge is 0.416 e. The molecule has 0 aliphatic rings. The molecule has 0 aliphatic heterocycles. The van der Waals surface area contributed by atoms with E-state index in [-0.39, 0.29) is 29.3 Å². The van der Waals surface area contributed by atoms with Gasteiger partial charge in [0.2, 0.25) is 0 Å². The second-order valence-electron chi connectivity index (χ2n) is 4.97. The first-order chi connectivity index (χ1) is 11.8. The summed E-state index contributed by atoms with van der Waals surface area (Å²) < 4.78 is 37.8. The maximum Gasteiger partial charge on any atom is 0.416 e. The average Bonchev–Trinajstić information content (AvgIpc) is 2.54. The maximum absolute atomic E-state index is 12.6. The highest BCUT2D eigenvalue weighted by molar-refractivity contribution is 5.86. The summed E-state index contributed by atoms with van der Waals surface area (Å²) in [5, 5.41) is 24.8. The average molecular weight is 353 g/mol. The predicted octanol–water partition coefficient (Wildman–Crippen LogP) is 2.68. The van der Waals surface area contributed by atoms with Gasteiger partial charge in [0.1, 0.15) is 11.5 Å². The lowest BCUT2D eigenvalue weighted by Crippen LogP contribution is -2.26. The summed E-state index contributed by atoms with van der Waals surface area (Å²) in [6.07, 6.45) is -3.30. The molecule has 0 aliphatic carbocycles.